The van der Waals surface area contributed by atoms with Crippen molar-refractivity contribution in [3.05, 3.63) is 42.5 Å². The number of aromatic hydroxyl groups is 1. The van der Waals surface area contributed by atoms with E-state index in [0.717, 1.165) is 10.9 Å². The minimum atomic E-state index is 0.199. The van der Waals surface area contributed by atoms with E-state index < -0.39 is 0 Å². The molecular formula is C18H17O5+. The molecule has 1 aromatic heterocycles. The third kappa shape index (κ3) is 2.73. The molecule has 0 fully saturated rings. The van der Waals surface area contributed by atoms with E-state index in [9.17, 15) is 5.11 Å². The van der Waals surface area contributed by atoms with Crippen molar-refractivity contribution in [1.29, 1.82) is 0 Å². The van der Waals surface area contributed by atoms with Crippen LogP contribution in [0.3, 0.4) is 0 Å². The summed E-state index contributed by atoms with van der Waals surface area (Å²) < 4.78 is 22.2. The summed E-state index contributed by atoms with van der Waals surface area (Å²) in [6, 6.07) is 12.1. The van der Waals surface area contributed by atoms with E-state index in [0.29, 0.717) is 28.6 Å². The molecule has 118 valence electrons. The monoisotopic (exact) mass is 313 g/mol. The number of phenols is 1. The Morgan fingerprint density at radius 2 is 1.48 bits per heavy atom. The van der Waals surface area contributed by atoms with Crippen LogP contribution in [0.5, 0.6) is 23.0 Å². The first-order chi connectivity index (χ1) is 11.2. The molecule has 1 N–H and O–H groups in total. The van der Waals surface area contributed by atoms with Crippen LogP contribution in [0.25, 0.3) is 22.3 Å². The van der Waals surface area contributed by atoms with Gasteiger partial charge in [-0.15, -0.1) is 0 Å². The van der Waals surface area contributed by atoms with Gasteiger partial charge in [0.05, 0.1) is 39.0 Å². The molecule has 0 saturated carbocycles. The number of hydrogen-bond acceptors (Lipinski definition) is 4. The van der Waals surface area contributed by atoms with Crippen LogP contribution in [0.2, 0.25) is 0 Å². The second-order valence-electron chi connectivity index (χ2n) is 4.93. The summed E-state index contributed by atoms with van der Waals surface area (Å²) in [6.07, 6.45) is 0. The van der Waals surface area contributed by atoms with E-state index >= 15 is 0 Å². The first kappa shape index (κ1) is 15.0. The molecule has 0 amide bonds. The van der Waals surface area contributed by atoms with Gasteiger partial charge in [0.1, 0.15) is 23.0 Å². The van der Waals surface area contributed by atoms with Crippen molar-refractivity contribution in [1.82, 2.24) is 0 Å². The molecule has 0 spiro atoms. The lowest BCUT2D eigenvalue weighted by Gasteiger charge is -2.08. The highest BCUT2D eigenvalue weighted by molar-refractivity contribution is 5.92. The van der Waals surface area contributed by atoms with Crippen LogP contribution in [0, 0.1) is 0 Å². The van der Waals surface area contributed by atoms with Crippen molar-refractivity contribution in [2.24, 2.45) is 0 Å². The molecule has 3 rings (SSSR count). The van der Waals surface area contributed by atoms with Gasteiger partial charge in [-0.05, 0) is 24.3 Å². The van der Waals surface area contributed by atoms with Crippen LogP contribution in [-0.4, -0.2) is 26.4 Å². The van der Waals surface area contributed by atoms with Gasteiger partial charge >= 0.3 is 11.3 Å². The predicted octanol–water partition coefficient (Wildman–Crippen LogP) is 4.11. The minimum Gasteiger partial charge on any atom is -0.508 e. The van der Waals surface area contributed by atoms with Crippen LogP contribution in [0.4, 0.5) is 0 Å². The summed E-state index contributed by atoms with van der Waals surface area (Å²) in [5, 5.41) is 10.2. The summed E-state index contributed by atoms with van der Waals surface area (Å²) in [5.41, 5.74) is 1.41. The van der Waals surface area contributed by atoms with Crippen LogP contribution >= 0.6 is 0 Å². The first-order valence-corrected chi connectivity index (χ1v) is 7.02. The van der Waals surface area contributed by atoms with Crippen LogP contribution < -0.4 is 14.2 Å². The average molecular weight is 313 g/mol. The summed E-state index contributed by atoms with van der Waals surface area (Å²) in [5.74, 6) is 2.68. The van der Waals surface area contributed by atoms with Crippen molar-refractivity contribution < 1.29 is 23.7 Å². The molecule has 3 aromatic rings. The number of ether oxygens (including phenoxy) is 3. The molecule has 5 heteroatoms. The second kappa shape index (κ2) is 6.04. The number of fused-ring (bicyclic) bond motifs is 1. The van der Waals surface area contributed by atoms with Gasteiger partial charge in [0.15, 0.2) is 5.39 Å². The lowest BCUT2D eigenvalue weighted by Crippen LogP contribution is -1.93. The molecule has 2 aromatic carbocycles. The van der Waals surface area contributed by atoms with E-state index in [1.807, 2.05) is 0 Å². The quantitative estimate of drug-likeness (QED) is 0.734. The zero-order valence-corrected chi connectivity index (χ0v) is 13.1. The molecule has 0 aliphatic heterocycles. The Kier molecular flexibility index (Phi) is 3.93. The van der Waals surface area contributed by atoms with Gasteiger partial charge < -0.3 is 19.3 Å². The van der Waals surface area contributed by atoms with Crippen molar-refractivity contribution in [3.8, 4) is 34.3 Å². The maximum Gasteiger partial charge on any atom is 0.372 e. The standard InChI is InChI=1S/C18H16O5/c1-20-13-8-15(21-2)18-16(22-3)10-14(23-17(18)9-13)11-4-6-12(19)7-5-11/h4-10H,1-3H3/p+1. The minimum absolute atomic E-state index is 0.199. The third-order valence-corrected chi connectivity index (χ3v) is 3.60. The van der Waals surface area contributed by atoms with Gasteiger partial charge in [-0.3, -0.25) is 0 Å². The lowest BCUT2D eigenvalue weighted by atomic mass is 10.1. The number of benzene rings is 2. The SMILES string of the molecule is COc1cc(OC)c2c(OC)cc(-c3ccc(O)cc3)[o+]c2c1. The van der Waals surface area contributed by atoms with E-state index in [1.165, 1.54) is 0 Å². The zero-order valence-electron chi connectivity index (χ0n) is 13.1. The zero-order chi connectivity index (χ0) is 16.4. The van der Waals surface area contributed by atoms with Crippen molar-refractivity contribution in [3.63, 3.8) is 0 Å². The normalized spacial score (nSPS) is 10.6. The van der Waals surface area contributed by atoms with E-state index in [4.69, 9.17) is 18.6 Å². The van der Waals surface area contributed by atoms with Crippen molar-refractivity contribution >= 4 is 11.0 Å². The Labute approximate surface area is 133 Å². The fraction of sp³-hybridized carbons (Fsp3) is 0.167. The summed E-state index contributed by atoms with van der Waals surface area (Å²) >= 11 is 0. The molecule has 0 unspecified atom stereocenters. The van der Waals surface area contributed by atoms with Crippen LogP contribution in [-0.2, 0) is 0 Å². The second-order valence-corrected chi connectivity index (χ2v) is 4.93. The van der Waals surface area contributed by atoms with Crippen molar-refractivity contribution in [2.45, 2.75) is 0 Å². The van der Waals surface area contributed by atoms with Gasteiger partial charge in [0.25, 0.3) is 0 Å². The Balaban J connectivity index is 2.28. The Hall–Kier alpha value is -2.95. The lowest BCUT2D eigenvalue weighted by molar-refractivity contribution is 0.390. The van der Waals surface area contributed by atoms with Crippen molar-refractivity contribution in [2.75, 3.05) is 21.3 Å². The number of hydrogen-bond donors (Lipinski definition) is 1. The largest absolute Gasteiger partial charge is 0.508 e. The highest BCUT2D eigenvalue weighted by atomic mass is 16.5. The Morgan fingerprint density at radius 3 is 2.09 bits per heavy atom. The molecule has 0 aliphatic rings. The molecule has 0 aliphatic carbocycles. The van der Waals surface area contributed by atoms with Gasteiger partial charge in [0, 0.05) is 6.07 Å². The maximum atomic E-state index is 9.42. The number of rotatable bonds is 4. The molecule has 1 heterocycles. The summed E-state index contributed by atoms with van der Waals surface area (Å²) in [7, 11) is 4.77. The average Bonchev–Trinajstić information content (AvgIpc) is 2.60. The summed E-state index contributed by atoms with van der Waals surface area (Å²) in [4.78, 5) is 0. The van der Waals surface area contributed by atoms with Crippen LogP contribution in [0.1, 0.15) is 0 Å². The smallest absolute Gasteiger partial charge is 0.372 e. The molecular weight excluding hydrogens is 296 g/mol. The molecule has 23 heavy (non-hydrogen) atoms. The number of methoxy groups -OCH3 is 3. The van der Waals surface area contributed by atoms with E-state index in [2.05, 4.69) is 0 Å². The maximum absolute atomic E-state index is 9.42. The molecule has 0 atom stereocenters. The van der Waals surface area contributed by atoms with Gasteiger partial charge in [-0.25, -0.2) is 4.42 Å². The predicted molar refractivity (Wildman–Crippen MR) is 87.4 cm³/mol. The molecule has 0 saturated heterocycles. The molecule has 5 nitrogen and oxygen atoms in total. The Bertz CT molecular complexity index is 840. The van der Waals surface area contributed by atoms with Gasteiger partial charge in [-0.1, -0.05) is 0 Å². The fourth-order valence-electron chi connectivity index (χ4n) is 2.44. The fourth-order valence-corrected chi connectivity index (χ4v) is 2.44. The number of phenolic OH excluding ortho intramolecular Hbond substituents is 1. The third-order valence-electron chi connectivity index (χ3n) is 3.60. The van der Waals surface area contributed by atoms with E-state index in [1.54, 1.807) is 63.8 Å². The molecule has 0 bridgehead atoms. The summed E-state index contributed by atoms with van der Waals surface area (Å²) in [6.45, 7) is 0. The molecule has 0 radical (unpaired) electrons. The Morgan fingerprint density at radius 1 is 0.826 bits per heavy atom. The highest BCUT2D eigenvalue weighted by Gasteiger charge is 2.24. The van der Waals surface area contributed by atoms with E-state index in [-0.39, 0.29) is 5.75 Å². The van der Waals surface area contributed by atoms with Gasteiger partial charge in [-0.2, -0.15) is 0 Å². The topological polar surface area (TPSA) is 59.2 Å². The first-order valence-electron chi connectivity index (χ1n) is 7.02. The van der Waals surface area contributed by atoms with Gasteiger partial charge in [0.2, 0.25) is 0 Å². The van der Waals surface area contributed by atoms with Crippen LogP contribution in [0.15, 0.2) is 46.9 Å². The highest BCUT2D eigenvalue weighted by Crippen LogP contribution is 2.40.